The zero-order valence-corrected chi connectivity index (χ0v) is 21.8. The van der Waals surface area contributed by atoms with Gasteiger partial charge in [-0.05, 0) is 30.6 Å². The Labute approximate surface area is 212 Å². The molecule has 198 valence electrons. The first-order valence-corrected chi connectivity index (χ1v) is 13.8. The highest BCUT2D eigenvalue weighted by Gasteiger charge is 2.70. The molecule has 2 heterocycles. The molecule has 3 saturated carbocycles. The van der Waals surface area contributed by atoms with E-state index in [1.807, 2.05) is 6.92 Å². The SMILES string of the molecule is COC1CC(OC)C2C(=O)[C@@]3(OC2C1Cl)C(O)C1C(C[C@H]3C)NC(C(N)=O)CC1C1CCCCC1. The van der Waals surface area contributed by atoms with Crippen LogP contribution in [0.3, 0.4) is 0 Å². The fourth-order valence-electron chi connectivity index (χ4n) is 8.42. The Morgan fingerprint density at radius 2 is 1.83 bits per heavy atom. The van der Waals surface area contributed by atoms with Gasteiger partial charge in [0.15, 0.2) is 11.4 Å². The number of piperidine rings is 1. The molecule has 0 aromatic rings. The van der Waals surface area contributed by atoms with Crippen LogP contribution in [0.5, 0.6) is 0 Å². The first-order chi connectivity index (χ1) is 16.7. The third kappa shape index (κ3) is 3.98. The number of ether oxygens (including phenoxy) is 3. The lowest BCUT2D eigenvalue weighted by Crippen LogP contribution is -2.70. The van der Waals surface area contributed by atoms with Gasteiger partial charge in [0.25, 0.3) is 0 Å². The molecule has 0 aromatic carbocycles. The molecular formula is C26H41ClN2O6. The summed E-state index contributed by atoms with van der Waals surface area (Å²) in [5, 5.41) is 15.1. The van der Waals surface area contributed by atoms with E-state index in [9.17, 15) is 14.7 Å². The van der Waals surface area contributed by atoms with Crippen LogP contribution < -0.4 is 11.1 Å². The number of halogens is 1. The van der Waals surface area contributed by atoms with Gasteiger partial charge in [0, 0.05) is 32.6 Å². The third-order valence-corrected chi connectivity index (χ3v) is 10.7. The van der Waals surface area contributed by atoms with Crippen molar-refractivity contribution >= 4 is 23.3 Å². The zero-order chi connectivity index (χ0) is 25.1. The Bertz CT molecular complexity index is 824. The molecule has 5 aliphatic rings. The number of ketones is 1. The number of aliphatic hydroxyl groups is 1. The molecular weight excluding hydrogens is 472 g/mol. The minimum absolute atomic E-state index is 0.0904. The van der Waals surface area contributed by atoms with Crippen molar-refractivity contribution < 1.29 is 28.9 Å². The number of alkyl halides is 1. The maximum Gasteiger partial charge on any atom is 0.234 e. The average molecular weight is 513 g/mol. The van der Waals surface area contributed by atoms with Crippen LogP contribution in [-0.2, 0) is 23.8 Å². The molecule has 2 saturated heterocycles. The van der Waals surface area contributed by atoms with Gasteiger partial charge >= 0.3 is 0 Å². The summed E-state index contributed by atoms with van der Waals surface area (Å²) in [4.78, 5) is 26.5. The molecule has 0 radical (unpaired) electrons. The van der Waals surface area contributed by atoms with Crippen molar-refractivity contribution in [1.82, 2.24) is 5.32 Å². The van der Waals surface area contributed by atoms with Gasteiger partial charge in [0.2, 0.25) is 5.91 Å². The van der Waals surface area contributed by atoms with Gasteiger partial charge in [0.05, 0.1) is 41.8 Å². The van der Waals surface area contributed by atoms with E-state index < -0.39 is 35.1 Å². The highest BCUT2D eigenvalue weighted by atomic mass is 35.5. The smallest absolute Gasteiger partial charge is 0.234 e. The van der Waals surface area contributed by atoms with E-state index in [0.29, 0.717) is 25.2 Å². The molecule has 12 atom stereocenters. The van der Waals surface area contributed by atoms with Gasteiger partial charge in [-0.15, -0.1) is 11.6 Å². The first kappa shape index (κ1) is 25.9. The third-order valence-electron chi connectivity index (χ3n) is 10.1. The molecule has 4 N–H and O–H groups in total. The number of carbonyl (C=O) groups excluding carboxylic acids is 2. The van der Waals surface area contributed by atoms with E-state index in [1.54, 1.807) is 14.2 Å². The number of carbonyl (C=O) groups is 2. The van der Waals surface area contributed by atoms with Gasteiger partial charge in [-0.1, -0.05) is 39.0 Å². The van der Waals surface area contributed by atoms with Crippen molar-refractivity contribution in [3.63, 3.8) is 0 Å². The number of fused-ring (bicyclic) bond motifs is 2. The van der Waals surface area contributed by atoms with Crippen LogP contribution in [0.15, 0.2) is 0 Å². The second-order valence-electron chi connectivity index (χ2n) is 11.7. The van der Waals surface area contributed by atoms with Crippen LogP contribution in [0.2, 0.25) is 0 Å². The van der Waals surface area contributed by atoms with Crippen LogP contribution in [0, 0.1) is 29.6 Å². The number of amides is 1. The van der Waals surface area contributed by atoms with Gasteiger partial charge in [-0.3, -0.25) is 9.59 Å². The van der Waals surface area contributed by atoms with E-state index in [-0.39, 0.29) is 47.7 Å². The Morgan fingerprint density at radius 1 is 1.14 bits per heavy atom. The van der Waals surface area contributed by atoms with Crippen molar-refractivity contribution in [2.75, 3.05) is 14.2 Å². The molecule has 35 heavy (non-hydrogen) atoms. The Hall–Kier alpha value is -0.770. The number of hydrogen-bond donors (Lipinski definition) is 3. The standard InChI is InChI=1S/C26H41ClN2O6/c1-12-9-15-19(14(10-16(29-15)25(28)32)13-7-5-4-6-8-13)23(30)26(12)24(31)20-17(33-2)11-18(34-3)21(27)22(20)35-26/h12-23,29-30H,4-11H2,1-3H3,(H2,28,32)/t12-,14?,15?,16?,17?,18?,19?,20?,21?,22?,23?,26+/m1/s1. The first-order valence-electron chi connectivity index (χ1n) is 13.4. The Morgan fingerprint density at radius 3 is 2.46 bits per heavy atom. The highest BCUT2D eigenvalue weighted by molar-refractivity contribution is 6.22. The lowest BCUT2D eigenvalue weighted by Gasteiger charge is -2.56. The summed E-state index contributed by atoms with van der Waals surface area (Å²) in [6.45, 7) is 1.97. The summed E-state index contributed by atoms with van der Waals surface area (Å²) >= 11 is 6.81. The second kappa shape index (κ2) is 9.84. The molecule has 5 rings (SSSR count). The summed E-state index contributed by atoms with van der Waals surface area (Å²) < 4.78 is 18.0. The Kier molecular flexibility index (Phi) is 7.27. The van der Waals surface area contributed by atoms with Gasteiger partial charge in [-0.2, -0.15) is 0 Å². The fourth-order valence-corrected chi connectivity index (χ4v) is 8.83. The number of primary amides is 1. The van der Waals surface area contributed by atoms with E-state index >= 15 is 0 Å². The summed E-state index contributed by atoms with van der Waals surface area (Å²) in [6, 6.07) is -0.508. The molecule has 10 unspecified atom stereocenters. The van der Waals surface area contributed by atoms with Crippen LogP contribution in [0.1, 0.15) is 58.3 Å². The molecule has 8 nitrogen and oxygen atoms in total. The van der Waals surface area contributed by atoms with E-state index in [0.717, 1.165) is 25.7 Å². The van der Waals surface area contributed by atoms with Gasteiger partial charge in [0.1, 0.15) is 0 Å². The normalized spacial score (nSPS) is 50.7. The lowest BCUT2D eigenvalue weighted by molar-refractivity contribution is -0.209. The van der Waals surface area contributed by atoms with Crippen LogP contribution >= 0.6 is 11.6 Å². The molecule has 1 spiro atoms. The summed E-state index contributed by atoms with van der Waals surface area (Å²) in [5.41, 5.74) is 4.42. The van der Waals surface area contributed by atoms with Gasteiger partial charge in [-0.25, -0.2) is 0 Å². The average Bonchev–Trinajstić information content (AvgIpc) is 3.17. The minimum Gasteiger partial charge on any atom is -0.389 e. The van der Waals surface area contributed by atoms with E-state index in [1.165, 1.54) is 6.42 Å². The maximum absolute atomic E-state index is 14.2. The number of hydrogen-bond acceptors (Lipinski definition) is 7. The van der Waals surface area contributed by atoms with Crippen molar-refractivity contribution in [3.8, 4) is 0 Å². The van der Waals surface area contributed by atoms with Crippen molar-refractivity contribution in [3.05, 3.63) is 0 Å². The van der Waals surface area contributed by atoms with Crippen LogP contribution in [-0.4, -0.2) is 78.5 Å². The van der Waals surface area contributed by atoms with Crippen LogP contribution in [0.25, 0.3) is 0 Å². The number of Topliss-reactive ketones (excluding diaryl/α,β-unsaturated/α-hetero) is 1. The van der Waals surface area contributed by atoms with Crippen LogP contribution in [0.4, 0.5) is 0 Å². The summed E-state index contributed by atoms with van der Waals surface area (Å²) in [5.74, 6) is -0.909. The predicted octanol–water partition coefficient (Wildman–Crippen LogP) is 1.78. The largest absolute Gasteiger partial charge is 0.389 e. The maximum atomic E-state index is 14.2. The number of rotatable bonds is 4. The number of aliphatic hydroxyl groups excluding tert-OH is 1. The summed E-state index contributed by atoms with van der Waals surface area (Å²) in [7, 11) is 3.21. The highest BCUT2D eigenvalue weighted by Crippen LogP contribution is 2.56. The molecule has 0 aromatic heterocycles. The fraction of sp³-hybridized carbons (Fsp3) is 0.923. The second-order valence-corrected chi connectivity index (χ2v) is 12.2. The van der Waals surface area contributed by atoms with Crippen molar-refractivity contribution in [2.45, 2.75) is 106 Å². The summed E-state index contributed by atoms with van der Waals surface area (Å²) in [6.07, 6.45) is 5.19. The monoisotopic (exact) mass is 512 g/mol. The quantitative estimate of drug-likeness (QED) is 0.491. The molecule has 0 bridgehead atoms. The number of nitrogens with one attached hydrogen (secondary N) is 1. The molecule has 1 amide bonds. The number of nitrogens with two attached hydrogens (primary N) is 1. The van der Waals surface area contributed by atoms with Crippen molar-refractivity contribution in [2.24, 2.45) is 35.3 Å². The predicted molar refractivity (Wildman–Crippen MR) is 130 cm³/mol. The molecule has 9 heteroatoms. The molecule has 5 fully saturated rings. The topological polar surface area (TPSA) is 120 Å². The lowest BCUT2D eigenvalue weighted by atomic mass is 9.56. The minimum atomic E-state index is -1.34. The Balaban J connectivity index is 1.51. The zero-order valence-electron chi connectivity index (χ0n) is 21.0. The van der Waals surface area contributed by atoms with Crippen molar-refractivity contribution in [1.29, 1.82) is 0 Å². The van der Waals surface area contributed by atoms with Gasteiger partial charge < -0.3 is 30.4 Å². The molecule has 2 aliphatic heterocycles. The van der Waals surface area contributed by atoms with E-state index in [4.69, 9.17) is 31.5 Å². The number of methoxy groups -OCH3 is 2. The van der Waals surface area contributed by atoms with E-state index in [2.05, 4.69) is 5.32 Å². The molecule has 3 aliphatic carbocycles.